The Bertz CT molecular complexity index is 731. The highest BCUT2D eigenvalue weighted by atomic mass is 19.1. The van der Waals surface area contributed by atoms with Crippen LogP contribution >= 0.6 is 0 Å². The fourth-order valence-electron chi connectivity index (χ4n) is 3.25. The molecular weight excluding hydrogens is 307 g/mol. The SMILES string of the molecule is COCC(=O)N1CCCC1c1cc(-c2ccc(F)cc2)cc(C)n1. The number of pyridine rings is 1. The maximum absolute atomic E-state index is 13.2. The van der Waals surface area contributed by atoms with Gasteiger partial charge in [0.15, 0.2) is 0 Å². The molecule has 1 aromatic carbocycles. The van der Waals surface area contributed by atoms with Crippen LogP contribution in [0.2, 0.25) is 0 Å². The molecule has 1 fully saturated rings. The Labute approximate surface area is 141 Å². The fraction of sp³-hybridized carbons (Fsp3) is 0.368. The van der Waals surface area contributed by atoms with Crippen molar-refractivity contribution in [3.8, 4) is 11.1 Å². The van der Waals surface area contributed by atoms with E-state index in [-0.39, 0.29) is 24.4 Å². The molecule has 0 N–H and O–H groups in total. The summed E-state index contributed by atoms with van der Waals surface area (Å²) in [5.74, 6) is -0.261. The lowest BCUT2D eigenvalue weighted by Crippen LogP contribution is -2.33. The zero-order valence-corrected chi connectivity index (χ0v) is 14.0. The van der Waals surface area contributed by atoms with Gasteiger partial charge in [-0.15, -0.1) is 0 Å². The lowest BCUT2D eigenvalue weighted by atomic mass is 10.0. The number of methoxy groups -OCH3 is 1. The molecule has 1 unspecified atom stereocenters. The van der Waals surface area contributed by atoms with E-state index in [9.17, 15) is 9.18 Å². The number of ether oxygens (including phenoxy) is 1. The summed E-state index contributed by atoms with van der Waals surface area (Å²) in [6.07, 6.45) is 1.86. The second-order valence-corrected chi connectivity index (χ2v) is 6.11. The molecule has 4 nitrogen and oxygen atoms in total. The summed E-state index contributed by atoms with van der Waals surface area (Å²) in [7, 11) is 1.53. The van der Waals surface area contributed by atoms with Crippen molar-refractivity contribution in [2.75, 3.05) is 20.3 Å². The van der Waals surface area contributed by atoms with Crippen LogP contribution in [0.25, 0.3) is 11.1 Å². The molecule has 126 valence electrons. The minimum absolute atomic E-state index is 0.00774. The minimum Gasteiger partial charge on any atom is -0.375 e. The third-order valence-electron chi connectivity index (χ3n) is 4.33. The van der Waals surface area contributed by atoms with Crippen molar-refractivity contribution in [2.45, 2.75) is 25.8 Å². The highest BCUT2D eigenvalue weighted by Crippen LogP contribution is 2.33. The molecule has 24 heavy (non-hydrogen) atoms. The molecule has 3 rings (SSSR count). The number of halogens is 1. The van der Waals surface area contributed by atoms with Crippen molar-refractivity contribution in [3.63, 3.8) is 0 Å². The molecule has 0 saturated carbocycles. The average Bonchev–Trinajstić information content (AvgIpc) is 3.05. The highest BCUT2D eigenvalue weighted by Gasteiger charge is 2.31. The Morgan fingerprint density at radius 3 is 2.75 bits per heavy atom. The monoisotopic (exact) mass is 328 g/mol. The van der Waals surface area contributed by atoms with E-state index < -0.39 is 0 Å². The molecule has 1 amide bonds. The molecular formula is C19H21FN2O2. The summed E-state index contributed by atoms with van der Waals surface area (Å²) < 4.78 is 18.1. The molecule has 0 aliphatic carbocycles. The number of hydrogen-bond donors (Lipinski definition) is 0. The predicted molar refractivity (Wildman–Crippen MR) is 89.9 cm³/mol. The first-order chi connectivity index (χ1) is 11.6. The first-order valence-electron chi connectivity index (χ1n) is 8.11. The minimum atomic E-state index is -0.253. The van der Waals surface area contributed by atoms with Gasteiger partial charge in [0.25, 0.3) is 0 Å². The molecule has 5 heteroatoms. The zero-order valence-electron chi connectivity index (χ0n) is 14.0. The molecule has 0 bridgehead atoms. The summed E-state index contributed by atoms with van der Waals surface area (Å²) in [6.45, 7) is 2.76. The van der Waals surface area contributed by atoms with Crippen LogP contribution in [0.15, 0.2) is 36.4 Å². The smallest absolute Gasteiger partial charge is 0.249 e. The van der Waals surface area contributed by atoms with E-state index in [2.05, 4.69) is 4.98 Å². The van der Waals surface area contributed by atoms with Crippen molar-refractivity contribution < 1.29 is 13.9 Å². The Morgan fingerprint density at radius 1 is 1.29 bits per heavy atom. The van der Waals surface area contributed by atoms with Gasteiger partial charge in [-0.1, -0.05) is 12.1 Å². The van der Waals surface area contributed by atoms with Crippen LogP contribution in [-0.4, -0.2) is 36.1 Å². The second kappa shape index (κ2) is 7.09. The number of aryl methyl sites for hydroxylation is 1. The summed E-state index contributed by atoms with van der Waals surface area (Å²) in [6, 6.07) is 10.4. The number of rotatable bonds is 4. The molecule has 2 heterocycles. The third-order valence-corrected chi connectivity index (χ3v) is 4.33. The van der Waals surface area contributed by atoms with Crippen LogP contribution < -0.4 is 0 Å². The number of carbonyl (C=O) groups excluding carboxylic acids is 1. The summed E-state index contributed by atoms with van der Waals surface area (Å²) in [5, 5.41) is 0. The van der Waals surface area contributed by atoms with Crippen molar-refractivity contribution >= 4 is 5.91 Å². The van der Waals surface area contributed by atoms with Crippen molar-refractivity contribution in [1.82, 2.24) is 9.88 Å². The van der Waals surface area contributed by atoms with Crippen molar-refractivity contribution in [2.24, 2.45) is 0 Å². The first kappa shape index (κ1) is 16.6. The standard InChI is InChI=1S/C19H21FN2O2/c1-13-10-15(14-5-7-16(20)8-6-14)11-17(21-13)18-4-3-9-22(18)19(23)12-24-2/h5-8,10-11,18H,3-4,9,12H2,1-2H3. The van der Waals surface area contributed by atoms with Crippen molar-refractivity contribution in [3.05, 3.63) is 53.6 Å². The number of carbonyl (C=O) groups is 1. The number of hydrogen-bond acceptors (Lipinski definition) is 3. The Kier molecular flexibility index (Phi) is 4.90. The van der Waals surface area contributed by atoms with Gasteiger partial charge in [0.2, 0.25) is 5.91 Å². The van der Waals surface area contributed by atoms with Gasteiger partial charge in [0.05, 0.1) is 11.7 Å². The number of likely N-dealkylation sites (tertiary alicyclic amines) is 1. The Balaban J connectivity index is 1.93. The molecule has 0 spiro atoms. The largest absolute Gasteiger partial charge is 0.375 e. The van der Waals surface area contributed by atoms with Gasteiger partial charge in [0, 0.05) is 19.3 Å². The third kappa shape index (κ3) is 3.46. The summed E-state index contributed by atoms with van der Waals surface area (Å²) in [5.41, 5.74) is 3.70. The first-order valence-corrected chi connectivity index (χ1v) is 8.11. The van der Waals surface area contributed by atoms with Gasteiger partial charge in [-0.25, -0.2) is 4.39 Å². The topological polar surface area (TPSA) is 42.4 Å². The van der Waals surface area contributed by atoms with Crippen LogP contribution in [0.5, 0.6) is 0 Å². The summed E-state index contributed by atoms with van der Waals surface area (Å²) >= 11 is 0. The number of benzene rings is 1. The van der Waals surface area contributed by atoms with Crippen LogP contribution in [0.1, 0.15) is 30.3 Å². The molecule has 1 aliphatic heterocycles. The van der Waals surface area contributed by atoms with Gasteiger partial charge in [0.1, 0.15) is 12.4 Å². The Morgan fingerprint density at radius 2 is 2.04 bits per heavy atom. The van der Waals surface area contributed by atoms with E-state index in [4.69, 9.17) is 4.74 Å². The van der Waals surface area contributed by atoms with Crippen LogP contribution in [0.4, 0.5) is 4.39 Å². The number of nitrogens with zero attached hydrogens (tertiary/aromatic N) is 2. The van der Waals surface area contributed by atoms with Gasteiger partial charge < -0.3 is 9.64 Å². The average molecular weight is 328 g/mol. The van der Waals surface area contributed by atoms with Crippen LogP contribution in [-0.2, 0) is 9.53 Å². The molecule has 0 radical (unpaired) electrons. The fourth-order valence-corrected chi connectivity index (χ4v) is 3.25. The summed E-state index contributed by atoms with van der Waals surface area (Å²) in [4.78, 5) is 18.7. The lowest BCUT2D eigenvalue weighted by Gasteiger charge is -2.24. The Hall–Kier alpha value is -2.27. The maximum Gasteiger partial charge on any atom is 0.249 e. The van der Waals surface area contributed by atoms with Crippen molar-refractivity contribution in [1.29, 1.82) is 0 Å². The van der Waals surface area contributed by atoms with E-state index in [0.717, 1.165) is 41.9 Å². The maximum atomic E-state index is 13.2. The second-order valence-electron chi connectivity index (χ2n) is 6.11. The van der Waals surface area contributed by atoms with Gasteiger partial charge in [-0.05, 0) is 55.2 Å². The zero-order chi connectivity index (χ0) is 17.1. The molecule has 1 saturated heterocycles. The van der Waals surface area contributed by atoms with E-state index in [1.165, 1.54) is 19.2 Å². The van der Waals surface area contributed by atoms with Gasteiger partial charge >= 0.3 is 0 Å². The quantitative estimate of drug-likeness (QED) is 0.862. The molecule has 1 aromatic heterocycles. The molecule has 2 aromatic rings. The number of aromatic nitrogens is 1. The van der Waals surface area contributed by atoms with Crippen LogP contribution in [0.3, 0.4) is 0 Å². The van der Waals surface area contributed by atoms with E-state index in [1.54, 1.807) is 12.1 Å². The predicted octanol–water partition coefficient (Wildman–Crippen LogP) is 3.51. The highest BCUT2D eigenvalue weighted by molar-refractivity contribution is 5.78. The number of amides is 1. The van der Waals surface area contributed by atoms with E-state index >= 15 is 0 Å². The van der Waals surface area contributed by atoms with Gasteiger partial charge in [-0.2, -0.15) is 0 Å². The molecule has 1 aliphatic rings. The van der Waals surface area contributed by atoms with Crippen LogP contribution in [0, 0.1) is 12.7 Å². The molecule has 1 atom stereocenters. The normalized spacial score (nSPS) is 17.3. The van der Waals surface area contributed by atoms with E-state index in [1.807, 2.05) is 24.0 Å². The lowest BCUT2D eigenvalue weighted by molar-refractivity contribution is -0.136. The van der Waals surface area contributed by atoms with E-state index in [0.29, 0.717) is 0 Å². The van der Waals surface area contributed by atoms with Gasteiger partial charge in [-0.3, -0.25) is 9.78 Å².